The number of rotatable bonds is 4. The molecule has 0 aliphatic heterocycles. The summed E-state index contributed by atoms with van der Waals surface area (Å²) in [6.07, 6.45) is 7.76. The number of hydrogen-bond acceptors (Lipinski definition) is 4. The van der Waals surface area contributed by atoms with Gasteiger partial charge in [0.05, 0.1) is 12.1 Å². The van der Waals surface area contributed by atoms with Gasteiger partial charge in [-0.3, -0.25) is 9.98 Å². The summed E-state index contributed by atoms with van der Waals surface area (Å²) in [5, 5.41) is 19.7. The van der Waals surface area contributed by atoms with E-state index in [1.165, 1.54) is 0 Å². The number of phenolic OH excluding ortho intramolecular Hbond substituents is 2. The predicted octanol–water partition coefficient (Wildman–Crippen LogP) is 3.94. The molecule has 2 aromatic carbocycles. The zero-order valence-corrected chi connectivity index (χ0v) is 15.0. The molecule has 2 N–H and O–H groups in total. The van der Waals surface area contributed by atoms with Gasteiger partial charge in [-0.2, -0.15) is 0 Å². The summed E-state index contributed by atoms with van der Waals surface area (Å²) < 4.78 is 0. The van der Waals surface area contributed by atoms with Crippen LogP contribution in [-0.4, -0.2) is 34.7 Å². The first-order valence-corrected chi connectivity index (χ1v) is 8.36. The molecule has 1 aliphatic carbocycles. The smallest absolute Gasteiger partial charge is 0.124 e. The van der Waals surface area contributed by atoms with E-state index < -0.39 is 0 Å². The largest absolute Gasteiger partial charge is 0.507 e. The third-order valence-electron chi connectivity index (χ3n) is 4.38. The van der Waals surface area contributed by atoms with Gasteiger partial charge >= 0.3 is 0 Å². The average Bonchev–Trinajstić information content (AvgIpc) is 2.61. The van der Waals surface area contributed by atoms with E-state index in [1.54, 1.807) is 36.7 Å². The molecule has 0 saturated heterocycles. The zero-order chi connectivity index (χ0) is 16.8. The molecule has 0 aromatic heterocycles. The van der Waals surface area contributed by atoms with Crippen molar-refractivity contribution in [1.29, 1.82) is 0 Å². The number of hydrogen-bond donors (Lipinski definition) is 2. The van der Waals surface area contributed by atoms with Crippen LogP contribution in [0.25, 0.3) is 0 Å². The number of benzene rings is 2. The number of phenols is 2. The van der Waals surface area contributed by atoms with Crippen molar-refractivity contribution in [3.05, 3.63) is 59.7 Å². The van der Waals surface area contributed by atoms with E-state index in [2.05, 4.69) is 9.98 Å². The summed E-state index contributed by atoms with van der Waals surface area (Å²) in [6, 6.07) is 14.6. The Balaban J connectivity index is 0.00000225. The standard InChI is InChI=1S/C20H22N2O2.Fe/c23-19-11-5-1-7-15(19)13-21-17-9-3-4-10-18(17)22-14-16-8-2-6-12-20(16)24;/h1-2,5-8,11-14,17-18,23-24H,3-4,9-10H2;. The summed E-state index contributed by atoms with van der Waals surface area (Å²) in [5.41, 5.74) is 1.46. The first kappa shape index (κ1) is 19.2. The van der Waals surface area contributed by atoms with Crippen molar-refractivity contribution in [1.82, 2.24) is 0 Å². The Morgan fingerprint density at radius 2 is 1.12 bits per heavy atom. The van der Waals surface area contributed by atoms with E-state index in [0.29, 0.717) is 0 Å². The second-order valence-electron chi connectivity index (χ2n) is 6.09. The minimum atomic E-state index is 0. The summed E-state index contributed by atoms with van der Waals surface area (Å²) >= 11 is 0. The Hall–Kier alpha value is -2.10. The van der Waals surface area contributed by atoms with Crippen LogP contribution in [0.15, 0.2) is 58.5 Å². The zero-order valence-electron chi connectivity index (χ0n) is 13.9. The normalized spacial score (nSPS) is 20.6. The number of aliphatic imine (C=N–C) groups is 2. The van der Waals surface area contributed by atoms with Crippen molar-refractivity contribution in [2.45, 2.75) is 37.8 Å². The van der Waals surface area contributed by atoms with Gasteiger partial charge in [0.2, 0.25) is 0 Å². The molecule has 25 heavy (non-hydrogen) atoms. The maximum absolute atomic E-state index is 9.84. The molecule has 0 amide bonds. The van der Waals surface area contributed by atoms with Crippen LogP contribution < -0.4 is 0 Å². The third-order valence-corrected chi connectivity index (χ3v) is 4.38. The molecule has 3 rings (SSSR count). The van der Waals surface area contributed by atoms with Crippen molar-refractivity contribution < 1.29 is 27.3 Å². The minimum Gasteiger partial charge on any atom is -0.507 e. The maximum atomic E-state index is 9.84. The fraction of sp³-hybridized carbons (Fsp3) is 0.300. The van der Waals surface area contributed by atoms with Crippen LogP contribution in [0.4, 0.5) is 0 Å². The molecule has 1 fully saturated rings. The van der Waals surface area contributed by atoms with E-state index in [4.69, 9.17) is 0 Å². The van der Waals surface area contributed by atoms with Crippen molar-refractivity contribution in [3.63, 3.8) is 0 Å². The van der Waals surface area contributed by atoms with Gasteiger partial charge in [0.25, 0.3) is 0 Å². The van der Waals surface area contributed by atoms with Gasteiger partial charge < -0.3 is 10.2 Å². The van der Waals surface area contributed by atoms with Crippen LogP contribution in [0, 0.1) is 0 Å². The Labute approximate surface area is 158 Å². The SMILES string of the molecule is Oc1ccccc1C=NC1CCCCC1N=Cc1ccccc1O.[Fe]. The van der Waals surface area contributed by atoms with Gasteiger partial charge in [0.1, 0.15) is 11.5 Å². The van der Waals surface area contributed by atoms with Gasteiger partial charge in [-0.15, -0.1) is 0 Å². The van der Waals surface area contributed by atoms with Gasteiger partial charge in [-0.1, -0.05) is 37.1 Å². The molecule has 4 nitrogen and oxygen atoms in total. The van der Waals surface area contributed by atoms with E-state index in [1.807, 2.05) is 24.3 Å². The molecule has 0 spiro atoms. The van der Waals surface area contributed by atoms with E-state index >= 15 is 0 Å². The molecule has 1 saturated carbocycles. The number of aromatic hydroxyl groups is 2. The van der Waals surface area contributed by atoms with Crippen LogP contribution in [0.1, 0.15) is 36.8 Å². The van der Waals surface area contributed by atoms with Gasteiger partial charge in [-0.05, 0) is 37.1 Å². The van der Waals surface area contributed by atoms with Crippen LogP contribution in [0.5, 0.6) is 11.5 Å². The van der Waals surface area contributed by atoms with Crippen LogP contribution in [0.2, 0.25) is 0 Å². The second-order valence-corrected chi connectivity index (χ2v) is 6.09. The Bertz CT molecular complexity index is 682. The van der Waals surface area contributed by atoms with Gasteiger partial charge in [0, 0.05) is 40.6 Å². The molecule has 5 heteroatoms. The van der Waals surface area contributed by atoms with E-state index in [-0.39, 0.29) is 40.7 Å². The Kier molecular flexibility index (Phi) is 7.23. The summed E-state index contributed by atoms with van der Waals surface area (Å²) in [4.78, 5) is 9.34. The Morgan fingerprint density at radius 1 is 0.720 bits per heavy atom. The molecular weight excluding hydrogens is 356 g/mol. The van der Waals surface area contributed by atoms with Crippen molar-refractivity contribution in [3.8, 4) is 11.5 Å². The maximum Gasteiger partial charge on any atom is 0.124 e. The fourth-order valence-corrected chi connectivity index (χ4v) is 2.98. The van der Waals surface area contributed by atoms with Crippen LogP contribution >= 0.6 is 0 Å². The second kappa shape index (κ2) is 9.40. The van der Waals surface area contributed by atoms with E-state index in [0.717, 1.165) is 36.8 Å². The number of para-hydroxylation sites is 2. The third kappa shape index (κ3) is 5.18. The van der Waals surface area contributed by atoms with Crippen molar-refractivity contribution in [2.75, 3.05) is 0 Å². The predicted molar refractivity (Wildman–Crippen MR) is 97.4 cm³/mol. The molecular formula is C20H22FeN2O2. The van der Waals surface area contributed by atoms with Crippen LogP contribution in [-0.2, 0) is 17.1 Å². The monoisotopic (exact) mass is 378 g/mol. The van der Waals surface area contributed by atoms with Gasteiger partial charge in [-0.25, -0.2) is 0 Å². The van der Waals surface area contributed by atoms with Crippen LogP contribution in [0.3, 0.4) is 0 Å². The van der Waals surface area contributed by atoms with E-state index in [9.17, 15) is 10.2 Å². The Morgan fingerprint density at radius 3 is 1.52 bits per heavy atom. The molecule has 1 aliphatic rings. The quantitative estimate of drug-likeness (QED) is 0.625. The summed E-state index contributed by atoms with van der Waals surface area (Å²) in [6.45, 7) is 0. The fourth-order valence-electron chi connectivity index (χ4n) is 2.98. The molecule has 0 heterocycles. The number of nitrogens with zero attached hydrogens (tertiary/aromatic N) is 2. The van der Waals surface area contributed by atoms with Gasteiger partial charge in [0.15, 0.2) is 0 Å². The molecule has 2 unspecified atom stereocenters. The molecule has 0 bridgehead atoms. The van der Waals surface area contributed by atoms with Crippen molar-refractivity contribution >= 4 is 12.4 Å². The molecule has 0 radical (unpaired) electrons. The summed E-state index contributed by atoms with van der Waals surface area (Å²) in [5.74, 6) is 0.484. The summed E-state index contributed by atoms with van der Waals surface area (Å²) in [7, 11) is 0. The first-order chi connectivity index (χ1) is 11.7. The first-order valence-electron chi connectivity index (χ1n) is 8.36. The molecule has 2 atom stereocenters. The average molecular weight is 378 g/mol. The topological polar surface area (TPSA) is 65.2 Å². The minimum absolute atomic E-state index is 0. The molecule has 132 valence electrons. The molecule has 2 aromatic rings. The van der Waals surface area contributed by atoms with Crippen molar-refractivity contribution in [2.24, 2.45) is 9.98 Å².